The number of nitrogens with two attached hydrogens (primary N) is 3. The summed E-state index contributed by atoms with van der Waals surface area (Å²) < 4.78 is 0. The molecule has 0 bridgehead atoms. The number of carbonyl (C=O) groups excluding carboxylic acids is 2. The quantitative estimate of drug-likeness (QED) is 0.221. The number of nitrogens with one attached hydrogen (secondary N) is 1. The van der Waals surface area contributed by atoms with Gasteiger partial charge in [-0.15, -0.1) is 0 Å². The fourth-order valence-corrected chi connectivity index (χ4v) is 3.18. The standard InChI is InChI=1S/C21H27N5O2/c1-25-19(28)21(24,13-8-14-26-20(22)23)18(27)17(15-9-4-2-5-10-15)16-11-6-3-7-12-16/h2-7,9-12,17H,8,13-14,24H2,1H3,(H,25,28)(H4,22,23,26)/t21-/m1/s1. The average molecular weight is 381 g/mol. The SMILES string of the molecule is CNC(=O)[C@@](N)(CCCN=C(N)N)C(=O)C(c1ccccc1)c1ccccc1. The molecular formula is C21H27N5O2. The van der Waals surface area contributed by atoms with Crippen LogP contribution in [0.5, 0.6) is 0 Å². The van der Waals surface area contributed by atoms with Gasteiger partial charge in [0, 0.05) is 13.6 Å². The number of Topliss-reactive ketones (excluding diaryl/α,β-unsaturated/α-hetero) is 1. The van der Waals surface area contributed by atoms with Crippen molar-refractivity contribution in [2.45, 2.75) is 24.3 Å². The molecule has 0 aromatic heterocycles. The smallest absolute Gasteiger partial charge is 0.247 e. The van der Waals surface area contributed by atoms with Crippen molar-refractivity contribution < 1.29 is 9.59 Å². The maximum atomic E-state index is 13.6. The Labute approximate surface area is 165 Å². The normalized spacial score (nSPS) is 12.8. The van der Waals surface area contributed by atoms with Crippen LogP contribution in [0.25, 0.3) is 0 Å². The molecule has 1 amide bonds. The zero-order valence-electron chi connectivity index (χ0n) is 16.0. The Hall–Kier alpha value is -3.19. The lowest BCUT2D eigenvalue weighted by Gasteiger charge is -2.30. The van der Waals surface area contributed by atoms with Gasteiger partial charge in [-0.2, -0.15) is 0 Å². The van der Waals surface area contributed by atoms with Crippen molar-refractivity contribution in [3.8, 4) is 0 Å². The first-order chi connectivity index (χ1) is 13.4. The third-order valence-corrected chi connectivity index (χ3v) is 4.62. The molecule has 0 aliphatic heterocycles. The highest BCUT2D eigenvalue weighted by atomic mass is 16.2. The molecule has 148 valence electrons. The minimum Gasteiger partial charge on any atom is -0.370 e. The van der Waals surface area contributed by atoms with E-state index in [0.717, 1.165) is 11.1 Å². The summed E-state index contributed by atoms with van der Waals surface area (Å²) in [7, 11) is 1.47. The van der Waals surface area contributed by atoms with E-state index in [0.29, 0.717) is 6.42 Å². The number of carbonyl (C=O) groups is 2. The molecular weight excluding hydrogens is 354 g/mol. The van der Waals surface area contributed by atoms with Gasteiger partial charge < -0.3 is 22.5 Å². The molecule has 0 fully saturated rings. The minimum atomic E-state index is -1.70. The highest BCUT2D eigenvalue weighted by Gasteiger charge is 2.45. The van der Waals surface area contributed by atoms with Gasteiger partial charge in [-0.3, -0.25) is 14.6 Å². The van der Waals surface area contributed by atoms with Crippen molar-refractivity contribution in [2.75, 3.05) is 13.6 Å². The zero-order valence-corrected chi connectivity index (χ0v) is 16.0. The van der Waals surface area contributed by atoms with Crippen molar-refractivity contribution >= 4 is 17.6 Å². The molecule has 0 radical (unpaired) electrons. The Morgan fingerprint density at radius 3 is 1.93 bits per heavy atom. The molecule has 0 spiro atoms. The first kappa shape index (κ1) is 21.1. The number of aliphatic imine (C=N–C) groups is 1. The van der Waals surface area contributed by atoms with Crippen molar-refractivity contribution in [1.82, 2.24) is 5.32 Å². The average Bonchev–Trinajstić information content (AvgIpc) is 2.72. The van der Waals surface area contributed by atoms with Gasteiger partial charge in [-0.25, -0.2) is 0 Å². The van der Waals surface area contributed by atoms with Gasteiger partial charge in [0.2, 0.25) is 5.91 Å². The summed E-state index contributed by atoms with van der Waals surface area (Å²) in [6.07, 6.45) is 0.516. The lowest BCUT2D eigenvalue weighted by atomic mass is 9.76. The summed E-state index contributed by atoms with van der Waals surface area (Å²) in [5, 5.41) is 2.52. The summed E-state index contributed by atoms with van der Waals surface area (Å²) in [6, 6.07) is 18.6. The first-order valence-electron chi connectivity index (χ1n) is 9.11. The van der Waals surface area contributed by atoms with Crippen LogP contribution in [-0.2, 0) is 9.59 Å². The van der Waals surface area contributed by atoms with Crippen molar-refractivity contribution in [3.63, 3.8) is 0 Å². The Balaban J connectivity index is 2.42. The van der Waals surface area contributed by atoms with Crippen LogP contribution in [-0.4, -0.2) is 36.8 Å². The number of hydrogen-bond donors (Lipinski definition) is 4. The lowest BCUT2D eigenvalue weighted by Crippen LogP contribution is -2.60. The second kappa shape index (κ2) is 9.66. The van der Waals surface area contributed by atoms with E-state index in [-0.39, 0.29) is 24.7 Å². The number of hydrogen-bond acceptors (Lipinski definition) is 4. The van der Waals surface area contributed by atoms with E-state index in [9.17, 15) is 9.59 Å². The summed E-state index contributed by atoms with van der Waals surface area (Å²) in [6.45, 7) is 0.285. The Bertz CT molecular complexity index is 780. The van der Waals surface area contributed by atoms with Gasteiger partial charge in [-0.05, 0) is 24.0 Å². The fourth-order valence-electron chi connectivity index (χ4n) is 3.18. The topological polar surface area (TPSA) is 137 Å². The number of benzene rings is 2. The molecule has 7 nitrogen and oxygen atoms in total. The number of likely N-dealkylation sites (N-methyl/N-ethyl adjacent to an activating group) is 1. The van der Waals surface area contributed by atoms with Gasteiger partial charge in [-0.1, -0.05) is 60.7 Å². The molecule has 28 heavy (non-hydrogen) atoms. The summed E-state index contributed by atoms with van der Waals surface area (Å²) in [5.41, 5.74) is 16.9. The predicted octanol–water partition coefficient (Wildman–Crippen LogP) is 0.885. The Morgan fingerprint density at radius 2 is 1.50 bits per heavy atom. The number of ketones is 1. The summed E-state index contributed by atoms with van der Waals surface area (Å²) in [4.78, 5) is 30.2. The molecule has 2 rings (SSSR count). The molecule has 2 aromatic rings. The maximum Gasteiger partial charge on any atom is 0.247 e. The fraction of sp³-hybridized carbons (Fsp3) is 0.286. The van der Waals surface area contributed by atoms with E-state index in [1.807, 2.05) is 60.7 Å². The van der Waals surface area contributed by atoms with Crippen LogP contribution in [0, 0.1) is 0 Å². The second-order valence-corrected chi connectivity index (χ2v) is 6.58. The van der Waals surface area contributed by atoms with Crippen LogP contribution in [0.3, 0.4) is 0 Å². The molecule has 0 unspecified atom stereocenters. The number of amides is 1. The minimum absolute atomic E-state index is 0.0414. The maximum absolute atomic E-state index is 13.6. The van der Waals surface area contributed by atoms with Gasteiger partial charge in [0.15, 0.2) is 17.3 Å². The van der Waals surface area contributed by atoms with Crippen LogP contribution in [0.1, 0.15) is 29.9 Å². The van der Waals surface area contributed by atoms with Gasteiger partial charge in [0.1, 0.15) is 0 Å². The van der Waals surface area contributed by atoms with Gasteiger partial charge in [0.25, 0.3) is 0 Å². The summed E-state index contributed by atoms with van der Waals surface area (Å²) >= 11 is 0. The molecule has 0 heterocycles. The summed E-state index contributed by atoms with van der Waals surface area (Å²) in [5.74, 6) is -1.60. The van der Waals surface area contributed by atoms with Crippen molar-refractivity contribution in [1.29, 1.82) is 0 Å². The van der Waals surface area contributed by atoms with Crippen molar-refractivity contribution in [2.24, 2.45) is 22.2 Å². The molecule has 2 aromatic carbocycles. The monoisotopic (exact) mass is 381 g/mol. The molecule has 7 heteroatoms. The van der Waals surface area contributed by atoms with E-state index in [1.165, 1.54) is 7.05 Å². The molecule has 0 aliphatic carbocycles. The molecule has 1 atom stereocenters. The van der Waals surface area contributed by atoms with Crippen LogP contribution in [0.4, 0.5) is 0 Å². The molecule has 0 aliphatic rings. The largest absolute Gasteiger partial charge is 0.370 e. The first-order valence-corrected chi connectivity index (χ1v) is 9.11. The number of rotatable bonds is 9. The molecule has 7 N–H and O–H groups in total. The van der Waals surface area contributed by atoms with Crippen molar-refractivity contribution in [3.05, 3.63) is 71.8 Å². The van der Waals surface area contributed by atoms with Crippen LogP contribution >= 0.6 is 0 Å². The number of guanidine groups is 1. The number of nitrogens with zero attached hydrogens (tertiary/aromatic N) is 1. The zero-order chi connectivity index (χ0) is 20.6. The van der Waals surface area contributed by atoms with Gasteiger partial charge in [0.05, 0.1) is 5.92 Å². The van der Waals surface area contributed by atoms with Crippen LogP contribution < -0.4 is 22.5 Å². The van der Waals surface area contributed by atoms with E-state index in [1.54, 1.807) is 0 Å². The molecule has 0 saturated carbocycles. The highest BCUT2D eigenvalue weighted by Crippen LogP contribution is 2.31. The van der Waals surface area contributed by atoms with E-state index in [2.05, 4.69) is 10.3 Å². The molecule has 0 saturated heterocycles. The predicted molar refractivity (Wildman–Crippen MR) is 111 cm³/mol. The van der Waals surface area contributed by atoms with Crippen LogP contribution in [0.15, 0.2) is 65.7 Å². The highest BCUT2D eigenvalue weighted by molar-refractivity contribution is 6.13. The Morgan fingerprint density at radius 1 is 1.00 bits per heavy atom. The lowest BCUT2D eigenvalue weighted by molar-refractivity contribution is -0.136. The van der Waals surface area contributed by atoms with Crippen LogP contribution in [0.2, 0.25) is 0 Å². The van der Waals surface area contributed by atoms with Gasteiger partial charge >= 0.3 is 0 Å². The van der Waals surface area contributed by atoms with E-state index < -0.39 is 17.4 Å². The second-order valence-electron chi connectivity index (χ2n) is 6.58. The third-order valence-electron chi connectivity index (χ3n) is 4.62. The third kappa shape index (κ3) is 4.95. The van der Waals surface area contributed by atoms with E-state index in [4.69, 9.17) is 17.2 Å². The Kier molecular flexibility index (Phi) is 7.28. The van der Waals surface area contributed by atoms with E-state index >= 15 is 0 Å².